The molecule has 0 saturated carbocycles. The van der Waals surface area contributed by atoms with E-state index in [0.29, 0.717) is 6.61 Å². The van der Waals surface area contributed by atoms with Crippen LogP contribution in [-0.2, 0) is 17.9 Å². The predicted octanol–water partition coefficient (Wildman–Crippen LogP) is 3.77. The summed E-state index contributed by atoms with van der Waals surface area (Å²) in [6, 6.07) is 20.3. The van der Waals surface area contributed by atoms with Crippen molar-refractivity contribution in [3.63, 3.8) is 0 Å². The zero-order valence-corrected chi connectivity index (χ0v) is 13.0. The van der Waals surface area contributed by atoms with E-state index in [9.17, 15) is 0 Å². The maximum atomic E-state index is 8.79. The Morgan fingerprint density at radius 1 is 1.00 bits per heavy atom. The minimum Gasteiger partial charge on any atom is -0.372 e. The summed E-state index contributed by atoms with van der Waals surface area (Å²) in [5.74, 6) is 0. The summed E-state index contributed by atoms with van der Waals surface area (Å²) in [4.78, 5) is 5.26. The third kappa shape index (κ3) is 4.33. The van der Waals surface area contributed by atoms with Gasteiger partial charge in [-0.1, -0.05) is 65.8 Å². The third-order valence-corrected chi connectivity index (χ3v) is 4.07. The molecule has 0 radical (unpaired) electrons. The molecule has 0 aromatic heterocycles. The molecule has 2 aromatic carbocycles. The van der Waals surface area contributed by atoms with Gasteiger partial charge in [-0.2, -0.15) is 0 Å². The van der Waals surface area contributed by atoms with E-state index in [1.807, 2.05) is 48.5 Å². The second-order valence-corrected chi connectivity index (χ2v) is 5.79. The van der Waals surface area contributed by atoms with Crippen molar-refractivity contribution in [1.29, 1.82) is 0 Å². The van der Waals surface area contributed by atoms with Crippen molar-refractivity contribution in [3.8, 4) is 0 Å². The highest BCUT2D eigenvalue weighted by atomic mass is 16.5. The molecule has 0 bridgehead atoms. The Morgan fingerprint density at radius 3 is 2.30 bits per heavy atom. The molecule has 1 fully saturated rings. The minimum absolute atomic E-state index is 0.0604. The molecule has 23 heavy (non-hydrogen) atoms. The van der Waals surface area contributed by atoms with E-state index in [0.717, 1.165) is 25.2 Å². The minimum atomic E-state index is -0.132. The second-order valence-electron chi connectivity index (χ2n) is 5.79. The molecule has 1 unspecified atom stereocenters. The van der Waals surface area contributed by atoms with Crippen molar-refractivity contribution in [3.05, 3.63) is 82.2 Å². The maximum Gasteiger partial charge on any atom is 0.0803 e. The Bertz CT molecular complexity index is 655. The Labute approximate surface area is 136 Å². The van der Waals surface area contributed by atoms with Crippen LogP contribution in [0.4, 0.5) is 0 Å². The van der Waals surface area contributed by atoms with Gasteiger partial charge >= 0.3 is 0 Å². The Balaban J connectivity index is 1.60. The first-order valence-corrected chi connectivity index (χ1v) is 7.81. The molecule has 1 saturated heterocycles. The smallest absolute Gasteiger partial charge is 0.0803 e. The summed E-state index contributed by atoms with van der Waals surface area (Å²) < 4.78 is 6.02. The lowest BCUT2D eigenvalue weighted by molar-refractivity contribution is 0.0383. The van der Waals surface area contributed by atoms with Gasteiger partial charge in [-0.05, 0) is 16.7 Å². The van der Waals surface area contributed by atoms with E-state index in [-0.39, 0.29) is 12.1 Å². The highest BCUT2D eigenvalue weighted by Gasteiger charge is 2.32. The molecule has 1 heterocycles. The van der Waals surface area contributed by atoms with E-state index >= 15 is 0 Å². The SMILES string of the molecule is [N-]=[N+]=N[C@@H]1CN(Cc2ccccc2)CC1OCc1ccccc1. The number of ether oxygens (including phenoxy) is 1. The number of hydrogen-bond acceptors (Lipinski definition) is 3. The molecule has 0 aliphatic carbocycles. The highest BCUT2D eigenvalue weighted by Crippen LogP contribution is 2.20. The Morgan fingerprint density at radius 2 is 1.65 bits per heavy atom. The molecule has 5 heteroatoms. The number of azide groups is 1. The van der Waals surface area contributed by atoms with E-state index in [2.05, 4.69) is 27.1 Å². The summed E-state index contributed by atoms with van der Waals surface area (Å²) in [5.41, 5.74) is 11.2. The first kappa shape index (κ1) is 15.6. The topological polar surface area (TPSA) is 61.2 Å². The van der Waals surface area contributed by atoms with Gasteiger partial charge in [0.05, 0.1) is 18.8 Å². The predicted molar refractivity (Wildman–Crippen MR) is 89.7 cm³/mol. The number of benzene rings is 2. The summed E-state index contributed by atoms with van der Waals surface area (Å²) in [7, 11) is 0. The molecule has 5 nitrogen and oxygen atoms in total. The molecule has 0 N–H and O–H groups in total. The van der Waals surface area contributed by atoms with E-state index in [4.69, 9.17) is 10.3 Å². The molecule has 0 amide bonds. The van der Waals surface area contributed by atoms with Crippen molar-refractivity contribution in [2.75, 3.05) is 13.1 Å². The lowest BCUT2D eigenvalue weighted by atomic mass is 10.2. The molecule has 2 atom stereocenters. The van der Waals surface area contributed by atoms with Crippen LogP contribution in [0.1, 0.15) is 11.1 Å². The fourth-order valence-electron chi connectivity index (χ4n) is 2.92. The zero-order valence-electron chi connectivity index (χ0n) is 13.0. The Kier molecular flexibility index (Phi) is 5.27. The fourth-order valence-corrected chi connectivity index (χ4v) is 2.92. The van der Waals surface area contributed by atoms with Crippen LogP contribution in [0.5, 0.6) is 0 Å². The summed E-state index contributed by atoms with van der Waals surface area (Å²) in [6.07, 6.45) is -0.0604. The van der Waals surface area contributed by atoms with Crippen LogP contribution in [0.2, 0.25) is 0 Å². The van der Waals surface area contributed by atoms with Gasteiger partial charge in [0, 0.05) is 24.5 Å². The third-order valence-electron chi connectivity index (χ3n) is 4.07. The van der Waals surface area contributed by atoms with Gasteiger partial charge in [-0.25, -0.2) is 0 Å². The number of hydrogen-bond donors (Lipinski definition) is 0. The van der Waals surface area contributed by atoms with Gasteiger partial charge < -0.3 is 4.74 Å². The summed E-state index contributed by atoms with van der Waals surface area (Å²) >= 11 is 0. The standard InChI is InChI=1S/C18H20N4O/c19-21-20-17-12-22(11-15-7-3-1-4-8-15)13-18(17)23-14-16-9-5-2-6-10-16/h1-10,17-18H,11-14H2/t17-,18?/m1/s1. The molecular weight excluding hydrogens is 288 g/mol. The molecule has 1 aliphatic rings. The van der Waals surface area contributed by atoms with Crippen LogP contribution in [0.15, 0.2) is 65.8 Å². The van der Waals surface area contributed by atoms with Gasteiger partial charge in [0.2, 0.25) is 0 Å². The first-order valence-electron chi connectivity index (χ1n) is 7.81. The Hall–Kier alpha value is -2.33. The highest BCUT2D eigenvalue weighted by molar-refractivity contribution is 5.15. The van der Waals surface area contributed by atoms with Crippen LogP contribution < -0.4 is 0 Å². The van der Waals surface area contributed by atoms with Crippen LogP contribution in [0.25, 0.3) is 10.4 Å². The largest absolute Gasteiger partial charge is 0.372 e. The average Bonchev–Trinajstić information content (AvgIpc) is 2.97. The number of nitrogens with zero attached hydrogens (tertiary/aromatic N) is 4. The van der Waals surface area contributed by atoms with Gasteiger partial charge in [-0.15, -0.1) is 0 Å². The zero-order chi connectivity index (χ0) is 15.9. The average molecular weight is 308 g/mol. The van der Waals surface area contributed by atoms with Gasteiger partial charge in [0.25, 0.3) is 0 Å². The molecule has 3 rings (SSSR count). The molecule has 2 aromatic rings. The van der Waals surface area contributed by atoms with Crippen LogP contribution in [0, 0.1) is 0 Å². The summed E-state index contributed by atoms with van der Waals surface area (Å²) in [6.45, 7) is 2.91. The van der Waals surface area contributed by atoms with E-state index in [1.165, 1.54) is 5.56 Å². The quantitative estimate of drug-likeness (QED) is 0.463. The maximum absolute atomic E-state index is 8.79. The van der Waals surface area contributed by atoms with E-state index in [1.54, 1.807) is 0 Å². The number of likely N-dealkylation sites (tertiary alicyclic amines) is 1. The van der Waals surface area contributed by atoms with Gasteiger partial charge in [0.1, 0.15) is 0 Å². The second kappa shape index (κ2) is 7.79. The van der Waals surface area contributed by atoms with Crippen molar-refractivity contribution in [1.82, 2.24) is 4.90 Å². The van der Waals surface area contributed by atoms with Gasteiger partial charge in [0.15, 0.2) is 0 Å². The molecule has 118 valence electrons. The van der Waals surface area contributed by atoms with Crippen molar-refractivity contribution < 1.29 is 4.74 Å². The summed E-state index contributed by atoms with van der Waals surface area (Å²) in [5, 5.41) is 3.92. The fraction of sp³-hybridized carbons (Fsp3) is 0.333. The van der Waals surface area contributed by atoms with Crippen molar-refractivity contribution in [2.45, 2.75) is 25.3 Å². The lowest BCUT2D eigenvalue weighted by Crippen LogP contribution is -2.25. The molecular formula is C18H20N4O. The normalized spacial score (nSPS) is 21.0. The van der Waals surface area contributed by atoms with Crippen molar-refractivity contribution >= 4 is 0 Å². The lowest BCUT2D eigenvalue weighted by Gasteiger charge is -2.16. The van der Waals surface area contributed by atoms with Crippen LogP contribution in [-0.4, -0.2) is 30.1 Å². The molecule has 0 spiro atoms. The van der Waals surface area contributed by atoms with E-state index < -0.39 is 0 Å². The number of rotatable bonds is 6. The van der Waals surface area contributed by atoms with Crippen LogP contribution in [0.3, 0.4) is 0 Å². The van der Waals surface area contributed by atoms with Crippen molar-refractivity contribution in [2.24, 2.45) is 5.11 Å². The monoisotopic (exact) mass is 308 g/mol. The van der Waals surface area contributed by atoms with Gasteiger partial charge in [-0.3, -0.25) is 4.90 Å². The molecule has 1 aliphatic heterocycles. The van der Waals surface area contributed by atoms with Crippen LogP contribution >= 0.6 is 0 Å². The first-order chi connectivity index (χ1) is 11.3.